The summed E-state index contributed by atoms with van der Waals surface area (Å²) in [5, 5.41) is 10.4. The minimum Gasteiger partial charge on any atom is -0.385 e. The predicted molar refractivity (Wildman–Crippen MR) is 59.5 cm³/mol. The maximum absolute atomic E-state index is 10.4. The Balaban J connectivity index is 1.75. The van der Waals surface area contributed by atoms with Gasteiger partial charge < -0.3 is 10.0 Å². The quantitative estimate of drug-likeness (QED) is 0.749. The monoisotopic (exact) mass is 203 g/mol. The zero-order valence-corrected chi connectivity index (χ0v) is 9.11. The van der Waals surface area contributed by atoms with Gasteiger partial charge in [0.1, 0.15) is 0 Å². The van der Waals surface area contributed by atoms with Gasteiger partial charge in [-0.05, 0) is 25.5 Å². The molecule has 0 aromatic heterocycles. The number of hydrogen-bond donors (Lipinski definition) is 1. The molecule has 2 fully saturated rings. The number of hydrogen-bond acceptors (Lipinski definition) is 2. The lowest BCUT2D eigenvalue weighted by atomic mass is 9.53. The molecule has 1 spiro atoms. The largest absolute Gasteiger partial charge is 0.385 e. The molecular formula is C13H17NO. The van der Waals surface area contributed by atoms with Gasteiger partial charge in [0.25, 0.3) is 0 Å². The first-order valence-corrected chi connectivity index (χ1v) is 5.59. The van der Waals surface area contributed by atoms with Crippen LogP contribution in [0.25, 0.3) is 0 Å². The molecule has 1 heterocycles. The first-order valence-electron chi connectivity index (χ1n) is 5.59. The molecule has 0 bridgehead atoms. The van der Waals surface area contributed by atoms with Crippen molar-refractivity contribution in [1.29, 1.82) is 0 Å². The van der Waals surface area contributed by atoms with Gasteiger partial charge in [-0.2, -0.15) is 0 Å². The number of aliphatic hydroxyl groups is 1. The molecule has 0 atom stereocenters. The van der Waals surface area contributed by atoms with E-state index in [1.807, 2.05) is 30.3 Å². The highest BCUT2D eigenvalue weighted by molar-refractivity contribution is 5.28. The Morgan fingerprint density at radius 2 is 1.73 bits per heavy atom. The highest BCUT2D eigenvalue weighted by atomic mass is 16.3. The molecular weight excluding hydrogens is 186 g/mol. The van der Waals surface area contributed by atoms with E-state index in [2.05, 4.69) is 11.9 Å². The van der Waals surface area contributed by atoms with Gasteiger partial charge in [0, 0.05) is 18.5 Å². The number of likely N-dealkylation sites (tertiary alicyclic amines) is 1. The van der Waals surface area contributed by atoms with Gasteiger partial charge in [0.15, 0.2) is 0 Å². The molecule has 1 aromatic rings. The van der Waals surface area contributed by atoms with Crippen molar-refractivity contribution in [2.45, 2.75) is 18.4 Å². The van der Waals surface area contributed by atoms with Gasteiger partial charge in [-0.1, -0.05) is 30.3 Å². The summed E-state index contributed by atoms with van der Waals surface area (Å²) in [5.74, 6) is 0. The SMILES string of the molecule is CN1CC2(C1)CC(O)(c1ccccc1)C2. The zero-order valence-electron chi connectivity index (χ0n) is 9.11. The molecule has 1 aliphatic heterocycles. The van der Waals surface area contributed by atoms with Crippen molar-refractivity contribution in [1.82, 2.24) is 4.90 Å². The summed E-state index contributed by atoms with van der Waals surface area (Å²) in [4.78, 5) is 2.32. The van der Waals surface area contributed by atoms with Gasteiger partial charge in [0.2, 0.25) is 0 Å². The van der Waals surface area contributed by atoms with E-state index in [0.29, 0.717) is 5.41 Å². The molecule has 1 N–H and O–H groups in total. The fraction of sp³-hybridized carbons (Fsp3) is 0.538. The fourth-order valence-corrected chi connectivity index (χ4v) is 3.46. The molecule has 1 aliphatic carbocycles. The standard InChI is InChI=1S/C13H17NO/c1-14-9-12(10-14)7-13(15,8-12)11-5-3-2-4-6-11/h2-6,15H,7-10H2,1H3. The molecule has 1 aromatic carbocycles. The highest BCUT2D eigenvalue weighted by Gasteiger charge is 2.58. The third kappa shape index (κ3) is 1.32. The zero-order chi connectivity index (χ0) is 10.5. The topological polar surface area (TPSA) is 23.5 Å². The number of benzene rings is 1. The van der Waals surface area contributed by atoms with E-state index in [1.165, 1.54) is 0 Å². The average Bonchev–Trinajstić information content (AvgIpc) is 2.14. The van der Waals surface area contributed by atoms with E-state index in [1.54, 1.807) is 0 Å². The Labute approximate surface area is 90.5 Å². The molecule has 1 saturated heterocycles. The van der Waals surface area contributed by atoms with Crippen LogP contribution in [0.1, 0.15) is 18.4 Å². The third-order valence-corrected chi connectivity index (χ3v) is 3.86. The average molecular weight is 203 g/mol. The molecule has 2 heteroatoms. The minimum absolute atomic E-state index is 0.430. The van der Waals surface area contributed by atoms with Crippen LogP contribution in [0.15, 0.2) is 30.3 Å². The van der Waals surface area contributed by atoms with E-state index < -0.39 is 5.60 Å². The summed E-state index contributed by atoms with van der Waals surface area (Å²) in [6, 6.07) is 10.1. The van der Waals surface area contributed by atoms with Crippen molar-refractivity contribution in [3.05, 3.63) is 35.9 Å². The molecule has 80 valence electrons. The Hall–Kier alpha value is -0.860. The van der Waals surface area contributed by atoms with Crippen LogP contribution in [-0.2, 0) is 5.60 Å². The van der Waals surface area contributed by atoms with Crippen LogP contribution in [0.2, 0.25) is 0 Å². The summed E-state index contributed by atoms with van der Waals surface area (Å²) >= 11 is 0. The Kier molecular flexibility index (Phi) is 1.77. The lowest BCUT2D eigenvalue weighted by Gasteiger charge is -2.62. The van der Waals surface area contributed by atoms with E-state index in [-0.39, 0.29) is 0 Å². The maximum Gasteiger partial charge on any atom is 0.0909 e. The van der Waals surface area contributed by atoms with E-state index in [9.17, 15) is 5.11 Å². The van der Waals surface area contributed by atoms with Gasteiger partial charge in [-0.15, -0.1) is 0 Å². The Morgan fingerprint density at radius 1 is 1.13 bits per heavy atom. The second kappa shape index (κ2) is 2.83. The summed E-state index contributed by atoms with van der Waals surface area (Å²) in [6.45, 7) is 2.31. The summed E-state index contributed by atoms with van der Waals surface area (Å²) in [7, 11) is 2.14. The van der Waals surface area contributed by atoms with Crippen LogP contribution in [-0.4, -0.2) is 30.1 Å². The lowest BCUT2D eigenvalue weighted by Crippen LogP contribution is -2.65. The molecule has 2 aliphatic rings. The fourth-order valence-electron chi connectivity index (χ4n) is 3.46. The first-order chi connectivity index (χ1) is 7.12. The molecule has 1 saturated carbocycles. The molecule has 0 radical (unpaired) electrons. The minimum atomic E-state index is -0.539. The van der Waals surface area contributed by atoms with Gasteiger partial charge in [-0.25, -0.2) is 0 Å². The smallest absolute Gasteiger partial charge is 0.0909 e. The molecule has 0 unspecified atom stereocenters. The van der Waals surface area contributed by atoms with Crippen molar-refractivity contribution in [3.63, 3.8) is 0 Å². The van der Waals surface area contributed by atoms with Gasteiger partial charge >= 0.3 is 0 Å². The van der Waals surface area contributed by atoms with Crippen LogP contribution < -0.4 is 0 Å². The number of rotatable bonds is 1. The third-order valence-electron chi connectivity index (χ3n) is 3.86. The van der Waals surface area contributed by atoms with Crippen molar-refractivity contribution in [3.8, 4) is 0 Å². The van der Waals surface area contributed by atoms with Crippen LogP contribution in [0.3, 0.4) is 0 Å². The Morgan fingerprint density at radius 3 is 2.27 bits per heavy atom. The second-order valence-corrected chi connectivity index (χ2v) is 5.42. The summed E-state index contributed by atoms with van der Waals surface area (Å²) in [5.41, 5.74) is 0.979. The highest BCUT2D eigenvalue weighted by Crippen LogP contribution is 2.57. The van der Waals surface area contributed by atoms with Crippen molar-refractivity contribution < 1.29 is 5.11 Å². The molecule has 3 rings (SSSR count). The predicted octanol–water partition coefficient (Wildman–Crippen LogP) is 1.60. The van der Waals surface area contributed by atoms with Crippen LogP contribution in [0.4, 0.5) is 0 Å². The molecule has 15 heavy (non-hydrogen) atoms. The van der Waals surface area contributed by atoms with Crippen molar-refractivity contribution in [2.75, 3.05) is 20.1 Å². The van der Waals surface area contributed by atoms with E-state index >= 15 is 0 Å². The first kappa shape index (κ1) is 9.37. The van der Waals surface area contributed by atoms with Crippen LogP contribution in [0.5, 0.6) is 0 Å². The molecule has 0 amide bonds. The Bertz CT molecular complexity index is 359. The lowest BCUT2D eigenvalue weighted by molar-refractivity contribution is -0.190. The van der Waals surface area contributed by atoms with Crippen molar-refractivity contribution in [2.24, 2.45) is 5.41 Å². The van der Waals surface area contributed by atoms with Crippen LogP contribution >= 0.6 is 0 Å². The summed E-state index contributed by atoms with van der Waals surface area (Å²) in [6.07, 6.45) is 1.88. The van der Waals surface area contributed by atoms with Crippen molar-refractivity contribution >= 4 is 0 Å². The van der Waals surface area contributed by atoms with Crippen LogP contribution in [0, 0.1) is 5.41 Å². The normalized spacial score (nSPS) is 27.1. The maximum atomic E-state index is 10.4. The van der Waals surface area contributed by atoms with Gasteiger partial charge in [0.05, 0.1) is 5.60 Å². The number of nitrogens with zero attached hydrogens (tertiary/aromatic N) is 1. The van der Waals surface area contributed by atoms with Gasteiger partial charge in [-0.3, -0.25) is 0 Å². The second-order valence-electron chi connectivity index (χ2n) is 5.42. The summed E-state index contributed by atoms with van der Waals surface area (Å²) < 4.78 is 0. The van der Waals surface area contributed by atoms with E-state index in [4.69, 9.17) is 0 Å². The molecule has 2 nitrogen and oxygen atoms in total. The van der Waals surface area contributed by atoms with E-state index in [0.717, 1.165) is 31.5 Å².